The largest absolute Gasteiger partial charge is 0.480 e. The van der Waals surface area contributed by atoms with Gasteiger partial charge in [-0.15, -0.1) is 12.4 Å². The van der Waals surface area contributed by atoms with Crippen molar-refractivity contribution in [3.8, 4) is 0 Å². The molecule has 14 heavy (non-hydrogen) atoms. The fraction of sp³-hybridized carbons (Fsp3) is 0.125. The van der Waals surface area contributed by atoms with Crippen molar-refractivity contribution in [3.05, 3.63) is 34.1 Å². The minimum atomic E-state index is -1.20. The molecule has 1 atom stereocenters. The SMILES string of the molecule is Cl.N[C@@H](C(=O)O)c1cc(F)ccc1Br. The van der Waals surface area contributed by atoms with Crippen molar-refractivity contribution < 1.29 is 14.3 Å². The van der Waals surface area contributed by atoms with Crippen LogP contribution in [0.15, 0.2) is 22.7 Å². The summed E-state index contributed by atoms with van der Waals surface area (Å²) >= 11 is 3.09. The van der Waals surface area contributed by atoms with Gasteiger partial charge in [-0.2, -0.15) is 0 Å². The van der Waals surface area contributed by atoms with Crippen molar-refractivity contribution in [3.63, 3.8) is 0 Å². The van der Waals surface area contributed by atoms with Crippen molar-refractivity contribution >= 4 is 34.3 Å². The van der Waals surface area contributed by atoms with Gasteiger partial charge in [0, 0.05) is 4.47 Å². The van der Waals surface area contributed by atoms with Gasteiger partial charge in [0.05, 0.1) is 0 Å². The number of rotatable bonds is 2. The van der Waals surface area contributed by atoms with Gasteiger partial charge in [-0.25, -0.2) is 4.39 Å². The lowest BCUT2D eigenvalue weighted by Gasteiger charge is -2.08. The van der Waals surface area contributed by atoms with E-state index in [-0.39, 0.29) is 18.0 Å². The summed E-state index contributed by atoms with van der Waals surface area (Å²) in [7, 11) is 0. The van der Waals surface area contributed by atoms with Gasteiger partial charge in [0.15, 0.2) is 0 Å². The van der Waals surface area contributed by atoms with E-state index in [0.717, 1.165) is 6.07 Å². The predicted molar refractivity (Wildman–Crippen MR) is 55.9 cm³/mol. The lowest BCUT2D eigenvalue weighted by atomic mass is 10.1. The molecule has 6 heteroatoms. The summed E-state index contributed by atoms with van der Waals surface area (Å²) in [5.74, 6) is -1.69. The molecule has 0 fully saturated rings. The number of carboxylic acids is 1. The molecule has 0 radical (unpaired) electrons. The van der Waals surface area contributed by atoms with Crippen molar-refractivity contribution in [1.29, 1.82) is 0 Å². The van der Waals surface area contributed by atoms with Crippen molar-refractivity contribution in [2.75, 3.05) is 0 Å². The highest BCUT2D eigenvalue weighted by Gasteiger charge is 2.17. The standard InChI is InChI=1S/C8H7BrFNO2.ClH/c9-6-2-1-4(10)3-5(6)7(11)8(12)13;/h1-3,7H,11H2,(H,12,13);1H/t7-;/m1./s1. The Kier molecular flexibility index (Phi) is 5.04. The average molecular weight is 285 g/mol. The van der Waals surface area contributed by atoms with Gasteiger partial charge >= 0.3 is 5.97 Å². The number of halogens is 3. The third kappa shape index (κ3) is 2.94. The lowest BCUT2D eigenvalue weighted by Crippen LogP contribution is -2.21. The van der Waals surface area contributed by atoms with Crippen LogP contribution < -0.4 is 5.73 Å². The normalized spacial score (nSPS) is 11.6. The van der Waals surface area contributed by atoms with Gasteiger partial charge in [0.25, 0.3) is 0 Å². The molecule has 0 saturated heterocycles. The molecule has 78 valence electrons. The Morgan fingerprint density at radius 2 is 2.14 bits per heavy atom. The molecule has 1 rings (SSSR count). The minimum absolute atomic E-state index is 0. The van der Waals surface area contributed by atoms with Crippen LogP contribution in [-0.2, 0) is 4.79 Å². The topological polar surface area (TPSA) is 63.3 Å². The summed E-state index contributed by atoms with van der Waals surface area (Å²) < 4.78 is 13.2. The molecule has 0 aliphatic carbocycles. The van der Waals surface area contributed by atoms with E-state index in [0.29, 0.717) is 4.47 Å². The molecule has 1 aromatic rings. The first-order valence-electron chi connectivity index (χ1n) is 3.45. The number of aliphatic carboxylic acids is 1. The first-order chi connectivity index (χ1) is 6.02. The molecule has 0 unspecified atom stereocenters. The summed E-state index contributed by atoms with van der Waals surface area (Å²) in [5, 5.41) is 8.58. The number of nitrogens with two attached hydrogens (primary N) is 1. The van der Waals surface area contributed by atoms with Gasteiger partial charge in [0.1, 0.15) is 11.9 Å². The van der Waals surface area contributed by atoms with E-state index in [1.165, 1.54) is 12.1 Å². The zero-order valence-corrected chi connectivity index (χ0v) is 9.31. The third-order valence-corrected chi connectivity index (χ3v) is 2.28. The fourth-order valence-electron chi connectivity index (χ4n) is 0.886. The Morgan fingerprint density at radius 1 is 1.57 bits per heavy atom. The van der Waals surface area contributed by atoms with Crippen LogP contribution >= 0.6 is 28.3 Å². The van der Waals surface area contributed by atoms with E-state index in [1.807, 2.05) is 0 Å². The van der Waals surface area contributed by atoms with E-state index in [9.17, 15) is 9.18 Å². The molecular formula is C8H8BrClFNO2. The molecule has 0 spiro atoms. The molecule has 3 N–H and O–H groups in total. The highest BCUT2D eigenvalue weighted by atomic mass is 79.9. The molecule has 0 saturated carbocycles. The van der Waals surface area contributed by atoms with Gasteiger partial charge in [-0.3, -0.25) is 4.79 Å². The molecular weight excluding hydrogens is 276 g/mol. The Morgan fingerprint density at radius 3 is 2.64 bits per heavy atom. The summed E-state index contributed by atoms with van der Waals surface area (Å²) in [4.78, 5) is 10.5. The quantitative estimate of drug-likeness (QED) is 0.874. The molecule has 0 heterocycles. The second-order valence-electron chi connectivity index (χ2n) is 2.48. The Balaban J connectivity index is 0.00000169. The lowest BCUT2D eigenvalue weighted by molar-refractivity contribution is -0.138. The Bertz CT molecular complexity index is 348. The van der Waals surface area contributed by atoms with Crippen LogP contribution in [0.25, 0.3) is 0 Å². The molecule has 0 aliphatic heterocycles. The maximum absolute atomic E-state index is 12.7. The van der Waals surface area contributed by atoms with Crippen molar-refractivity contribution in [1.82, 2.24) is 0 Å². The van der Waals surface area contributed by atoms with Crippen LogP contribution in [0.4, 0.5) is 4.39 Å². The summed E-state index contributed by atoms with van der Waals surface area (Å²) in [6.07, 6.45) is 0. The maximum Gasteiger partial charge on any atom is 0.325 e. The van der Waals surface area contributed by atoms with Crippen LogP contribution in [0, 0.1) is 5.82 Å². The third-order valence-electron chi connectivity index (χ3n) is 1.56. The van der Waals surface area contributed by atoms with Crippen LogP contribution in [0.2, 0.25) is 0 Å². The first kappa shape index (κ1) is 13.4. The Labute approximate surface area is 94.6 Å². The molecule has 0 bridgehead atoms. The predicted octanol–water partition coefficient (Wildman–Crippen LogP) is 2.09. The number of carbonyl (C=O) groups is 1. The number of hydrogen-bond acceptors (Lipinski definition) is 2. The second-order valence-corrected chi connectivity index (χ2v) is 3.34. The van der Waals surface area contributed by atoms with E-state index in [2.05, 4.69) is 15.9 Å². The van der Waals surface area contributed by atoms with E-state index >= 15 is 0 Å². The Hall–Kier alpha value is -0.650. The van der Waals surface area contributed by atoms with E-state index < -0.39 is 17.8 Å². The number of carboxylic acid groups (broad SMARTS) is 1. The van der Waals surface area contributed by atoms with Gasteiger partial charge in [-0.05, 0) is 23.8 Å². The van der Waals surface area contributed by atoms with Crippen molar-refractivity contribution in [2.24, 2.45) is 5.73 Å². The summed E-state index contributed by atoms with van der Waals surface area (Å²) in [6.45, 7) is 0. The molecule has 3 nitrogen and oxygen atoms in total. The van der Waals surface area contributed by atoms with Crippen LogP contribution in [0.3, 0.4) is 0 Å². The van der Waals surface area contributed by atoms with Gasteiger partial charge in [0.2, 0.25) is 0 Å². The highest BCUT2D eigenvalue weighted by molar-refractivity contribution is 9.10. The maximum atomic E-state index is 12.7. The van der Waals surface area contributed by atoms with Crippen LogP contribution in [-0.4, -0.2) is 11.1 Å². The smallest absolute Gasteiger partial charge is 0.325 e. The van der Waals surface area contributed by atoms with Gasteiger partial charge < -0.3 is 10.8 Å². The van der Waals surface area contributed by atoms with Crippen molar-refractivity contribution in [2.45, 2.75) is 6.04 Å². The summed E-state index contributed by atoms with van der Waals surface area (Å²) in [6, 6.07) is 2.54. The van der Waals surface area contributed by atoms with Crippen LogP contribution in [0.1, 0.15) is 11.6 Å². The average Bonchev–Trinajstić information content (AvgIpc) is 2.08. The minimum Gasteiger partial charge on any atom is -0.480 e. The molecule has 0 aromatic heterocycles. The van der Waals surface area contributed by atoms with E-state index in [1.54, 1.807) is 0 Å². The molecule has 0 aliphatic rings. The number of benzene rings is 1. The van der Waals surface area contributed by atoms with Gasteiger partial charge in [-0.1, -0.05) is 15.9 Å². The fourth-order valence-corrected chi connectivity index (χ4v) is 1.38. The zero-order valence-electron chi connectivity index (χ0n) is 6.91. The zero-order chi connectivity index (χ0) is 10.0. The number of hydrogen-bond donors (Lipinski definition) is 2. The highest BCUT2D eigenvalue weighted by Crippen LogP contribution is 2.22. The van der Waals surface area contributed by atoms with Crippen LogP contribution in [0.5, 0.6) is 0 Å². The first-order valence-corrected chi connectivity index (χ1v) is 4.25. The molecule has 0 amide bonds. The molecule has 1 aromatic carbocycles. The van der Waals surface area contributed by atoms with E-state index in [4.69, 9.17) is 10.8 Å². The monoisotopic (exact) mass is 283 g/mol. The summed E-state index contributed by atoms with van der Waals surface area (Å²) in [5.41, 5.74) is 5.54. The second kappa shape index (κ2) is 5.29.